The van der Waals surface area contributed by atoms with E-state index in [-0.39, 0.29) is 5.88 Å². The number of aromatic nitrogens is 2. The van der Waals surface area contributed by atoms with Crippen molar-refractivity contribution in [3.8, 4) is 5.88 Å². The molecule has 28 heavy (non-hydrogen) atoms. The van der Waals surface area contributed by atoms with Gasteiger partial charge in [-0.25, -0.2) is 4.68 Å². The van der Waals surface area contributed by atoms with Crippen LogP contribution >= 0.6 is 0 Å². The maximum atomic E-state index is 10.0. The lowest BCUT2D eigenvalue weighted by atomic mass is 10.1. The van der Waals surface area contributed by atoms with Crippen LogP contribution in [0.5, 0.6) is 5.88 Å². The van der Waals surface area contributed by atoms with Crippen molar-refractivity contribution in [3.63, 3.8) is 0 Å². The molecule has 0 unspecified atom stereocenters. The topological polar surface area (TPSA) is 87.5 Å². The third-order valence-corrected chi connectivity index (χ3v) is 4.24. The number of aromatic hydroxyl groups is 1. The lowest BCUT2D eigenvalue weighted by Gasteiger charge is -1.99. The van der Waals surface area contributed by atoms with Crippen molar-refractivity contribution in [1.82, 2.24) is 9.78 Å². The van der Waals surface area contributed by atoms with Crippen LogP contribution in [-0.4, -0.2) is 14.9 Å². The van der Waals surface area contributed by atoms with Crippen LogP contribution in [0.25, 0.3) is 0 Å². The molecular formula is C21H24N6O. The van der Waals surface area contributed by atoms with Gasteiger partial charge in [0.1, 0.15) is 0 Å². The number of rotatable bonds is 7. The summed E-state index contributed by atoms with van der Waals surface area (Å²) in [5.74, 6) is 0.0105. The summed E-state index contributed by atoms with van der Waals surface area (Å²) >= 11 is 0. The van der Waals surface area contributed by atoms with Crippen molar-refractivity contribution in [2.45, 2.75) is 33.1 Å². The van der Waals surface area contributed by atoms with Crippen LogP contribution in [-0.2, 0) is 19.9 Å². The fraction of sp³-hybridized carbons (Fsp3) is 0.286. The average molecular weight is 376 g/mol. The summed E-state index contributed by atoms with van der Waals surface area (Å²) in [5.41, 5.74) is 4.61. The van der Waals surface area contributed by atoms with Crippen molar-refractivity contribution in [3.05, 3.63) is 59.8 Å². The maximum absolute atomic E-state index is 10.0. The Balaban J connectivity index is 1.71. The number of benzene rings is 2. The number of azo groups is 2. The fourth-order valence-electron chi connectivity index (χ4n) is 2.77. The first-order valence-corrected chi connectivity index (χ1v) is 9.38. The molecule has 3 aromatic rings. The largest absolute Gasteiger partial charge is 0.492 e. The van der Waals surface area contributed by atoms with E-state index in [9.17, 15) is 5.11 Å². The zero-order chi connectivity index (χ0) is 19.9. The van der Waals surface area contributed by atoms with E-state index in [0.717, 1.165) is 24.2 Å². The number of aryl methyl sites for hydroxylation is 3. The molecule has 0 spiro atoms. The minimum absolute atomic E-state index is 0.0105. The number of hydrogen-bond donors (Lipinski definition) is 1. The predicted molar refractivity (Wildman–Crippen MR) is 109 cm³/mol. The van der Waals surface area contributed by atoms with Gasteiger partial charge in [0, 0.05) is 7.05 Å². The van der Waals surface area contributed by atoms with Crippen molar-refractivity contribution in [2.24, 2.45) is 27.5 Å². The molecule has 1 aromatic heterocycles. The Bertz CT molecular complexity index is 989. The SMILES string of the molecule is CCCc1cccc(N=Nc2ccc(N=Nc3c(CC)nn(C)c3O)cc2)c1. The smallest absolute Gasteiger partial charge is 0.238 e. The second kappa shape index (κ2) is 9.03. The summed E-state index contributed by atoms with van der Waals surface area (Å²) in [6.07, 6.45) is 2.81. The third kappa shape index (κ3) is 4.68. The molecule has 7 nitrogen and oxygen atoms in total. The summed E-state index contributed by atoms with van der Waals surface area (Å²) in [7, 11) is 1.67. The molecule has 0 fully saturated rings. The van der Waals surface area contributed by atoms with Gasteiger partial charge in [-0.1, -0.05) is 32.4 Å². The Morgan fingerprint density at radius 2 is 1.54 bits per heavy atom. The van der Waals surface area contributed by atoms with E-state index in [1.807, 2.05) is 43.3 Å². The minimum Gasteiger partial charge on any atom is -0.492 e. The van der Waals surface area contributed by atoms with Crippen LogP contribution in [0.3, 0.4) is 0 Å². The van der Waals surface area contributed by atoms with E-state index in [1.165, 1.54) is 10.2 Å². The van der Waals surface area contributed by atoms with Gasteiger partial charge >= 0.3 is 0 Å². The van der Waals surface area contributed by atoms with Crippen molar-refractivity contribution < 1.29 is 5.11 Å². The van der Waals surface area contributed by atoms with Gasteiger partial charge in [-0.3, -0.25) is 0 Å². The average Bonchev–Trinajstić information content (AvgIpc) is 2.99. The molecule has 0 aliphatic carbocycles. The maximum Gasteiger partial charge on any atom is 0.238 e. The molecule has 0 aliphatic heterocycles. The van der Waals surface area contributed by atoms with Crippen molar-refractivity contribution in [2.75, 3.05) is 0 Å². The van der Waals surface area contributed by atoms with Gasteiger partial charge in [0.2, 0.25) is 5.88 Å². The van der Waals surface area contributed by atoms with Crippen molar-refractivity contribution in [1.29, 1.82) is 0 Å². The molecule has 1 heterocycles. The summed E-state index contributed by atoms with van der Waals surface area (Å²) in [5, 5.41) is 31.2. The van der Waals surface area contributed by atoms with Crippen LogP contribution in [0.2, 0.25) is 0 Å². The molecule has 0 bridgehead atoms. The van der Waals surface area contributed by atoms with Crippen LogP contribution < -0.4 is 0 Å². The van der Waals surface area contributed by atoms with Gasteiger partial charge in [-0.15, -0.1) is 5.11 Å². The van der Waals surface area contributed by atoms with Crippen LogP contribution in [0, 0.1) is 0 Å². The highest BCUT2D eigenvalue weighted by Gasteiger charge is 2.13. The molecule has 0 amide bonds. The Labute approximate surface area is 164 Å². The van der Waals surface area contributed by atoms with Crippen LogP contribution in [0.4, 0.5) is 22.7 Å². The number of nitrogens with zero attached hydrogens (tertiary/aromatic N) is 6. The van der Waals surface area contributed by atoms with E-state index >= 15 is 0 Å². The molecule has 0 saturated heterocycles. The molecule has 0 radical (unpaired) electrons. The fourth-order valence-corrected chi connectivity index (χ4v) is 2.77. The van der Waals surface area contributed by atoms with Crippen molar-refractivity contribution >= 4 is 22.7 Å². The normalized spacial score (nSPS) is 11.7. The Morgan fingerprint density at radius 1 is 0.893 bits per heavy atom. The van der Waals surface area contributed by atoms with Crippen LogP contribution in [0.15, 0.2) is 69.0 Å². The first-order chi connectivity index (χ1) is 13.6. The van der Waals surface area contributed by atoms with Crippen LogP contribution in [0.1, 0.15) is 31.5 Å². The molecule has 3 rings (SSSR count). The monoisotopic (exact) mass is 376 g/mol. The van der Waals surface area contributed by atoms with E-state index in [2.05, 4.69) is 44.6 Å². The standard InChI is InChI=1S/C21H24N6O/c1-4-7-15-8-6-9-18(14-15)24-22-16-10-12-17(13-11-16)23-25-20-19(5-2)26-27(3)21(20)28/h6,8-14,28H,4-5,7H2,1-3H3. The second-order valence-corrected chi connectivity index (χ2v) is 6.43. The molecule has 1 N–H and O–H groups in total. The van der Waals surface area contributed by atoms with E-state index < -0.39 is 0 Å². The van der Waals surface area contributed by atoms with Gasteiger partial charge in [0.05, 0.1) is 22.8 Å². The van der Waals surface area contributed by atoms with Gasteiger partial charge < -0.3 is 5.11 Å². The van der Waals surface area contributed by atoms with E-state index in [1.54, 1.807) is 7.05 Å². The molecule has 144 valence electrons. The Hall–Kier alpha value is -3.35. The molecule has 0 saturated carbocycles. The van der Waals surface area contributed by atoms with Gasteiger partial charge in [0.25, 0.3) is 0 Å². The Morgan fingerprint density at radius 3 is 2.18 bits per heavy atom. The lowest BCUT2D eigenvalue weighted by molar-refractivity contribution is 0.420. The first kappa shape index (κ1) is 19.4. The molecule has 2 aromatic carbocycles. The predicted octanol–water partition coefficient (Wildman–Crippen LogP) is 6.47. The second-order valence-electron chi connectivity index (χ2n) is 6.43. The third-order valence-electron chi connectivity index (χ3n) is 4.24. The molecule has 7 heteroatoms. The molecule has 0 aliphatic rings. The molecule has 0 atom stereocenters. The highest BCUT2D eigenvalue weighted by Crippen LogP contribution is 2.32. The zero-order valence-electron chi connectivity index (χ0n) is 16.4. The highest BCUT2D eigenvalue weighted by atomic mass is 16.3. The number of hydrogen-bond acceptors (Lipinski definition) is 6. The van der Waals surface area contributed by atoms with Gasteiger partial charge in [-0.2, -0.15) is 20.4 Å². The van der Waals surface area contributed by atoms with Gasteiger partial charge in [-0.05, 0) is 54.8 Å². The van der Waals surface area contributed by atoms with E-state index in [0.29, 0.717) is 23.5 Å². The molecular weight excluding hydrogens is 352 g/mol. The summed E-state index contributed by atoms with van der Waals surface area (Å²) in [4.78, 5) is 0. The summed E-state index contributed by atoms with van der Waals surface area (Å²) in [6.45, 7) is 4.12. The lowest BCUT2D eigenvalue weighted by Crippen LogP contribution is -1.89. The highest BCUT2D eigenvalue weighted by molar-refractivity contribution is 5.52. The minimum atomic E-state index is 0.0105. The zero-order valence-corrected chi connectivity index (χ0v) is 16.4. The Kier molecular flexibility index (Phi) is 6.26. The quantitative estimate of drug-likeness (QED) is 0.479. The summed E-state index contributed by atoms with van der Waals surface area (Å²) in [6, 6.07) is 15.4. The van der Waals surface area contributed by atoms with E-state index in [4.69, 9.17) is 0 Å². The van der Waals surface area contributed by atoms with Gasteiger partial charge in [0.15, 0.2) is 5.69 Å². The summed E-state index contributed by atoms with van der Waals surface area (Å²) < 4.78 is 1.40. The first-order valence-electron chi connectivity index (χ1n) is 9.38.